The minimum Gasteiger partial charge on any atom is -0.361 e. The van der Waals surface area contributed by atoms with Crippen molar-refractivity contribution in [1.29, 1.82) is 0 Å². The van der Waals surface area contributed by atoms with Crippen LogP contribution in [0.5, 0.6) is 0 Å². The Hall–Kier alpha value is -10.1. The fourth-order valence-electron chi connectivity index (χ4n) is 15.1. The number of hydrogen-bond donors (Lipinski definition) is 0. The highest BCUT2D eigenvalue weighted by molar-refractivity contribution is 9.12. The minimum atomic E-state index is -1.91. The second-order valence-corrected chi connectivity index (χ2v) is 49.0. The number of benzene rings is 11. The van der Waals surface area contributed by atoms with Gasteiger partial charge in [-0.2, -0.15) is 19.2 Å². The minimum absolute atomic E-state index is 0.0798. The molecule has 128 heavy (non-hydrogen) atoms. The van der Waals surface area contributed by atoms with E-state index in [-0.39, 0.29) is 21.7 Å². The smallest absolute Gasteiger partial charge is 0.332 e. The third-order valence-corrected chi connectivity index (χ3v) is 27.4. The standard InChI is InChI=1S/C111H94Br8N8Si/c1-63-38-84(108(9,10)11)39-64(2)96(63)104(124-120)100-88(112)55-79(56-89(100)113)32-28-73-46-71(47-74(50-73)29-33-80-57-90(114)101(91(115)58-80)105(125-121)97-65(3)40-85(41-66(97)4)109(12,13)14)24-26-77-52-78(54-83(53-77)36-37-128(21,22)23)27-25-72-48-75(30-34-81-59-92(116)102(93(117)60-81)106(126-122)98-67(5)42-86(43-68(98)6)110(15,16)17)51-76(49-72)31-35-82-61-94(118)103(95(119)62-82)107(127-123)99-69(7)44-87(45-70(99)8)111(18,19)20/h38-62H,1-23H3. The molecular formula is C111H94Br8N8Si. The van der Waals surface area contributed by atoms with Crippen LogP contribution in [-0.4, -0.2) is 50.1 Å². The van der Waals surface area contributed by atoms with E-state index in [2.05, 4.69) is 380 Å². The first kappa shape index (κ1) is 98.5. The monoisotopic (exact) mass is 2200 g/mol. The number of hydrogen-bond acceptors (Lipinski definition) is 0. The average Bonchev–Trinajstić information content (AvgIpc) is 0.783. The van der Waals surface area contributed by atoms with Gasteiger partial charge in [0.25, 0.3) is 0 Å². The molecule has 0 atom stereocenters. The van der Waals surface area contributed by atoms with Gasteiger partial charge >= 0.3 is 22.8 Å². The number of aryl methyl sites for hydroxylation is 8. The first-order chi connectivity index (χ1) is 59.9. The van der Waals surface area contributed by atoms with Gasteiger partial charge in [-0.3, -0.25) is 0 Å². The zero-order valence-corrected chi connectivity index (χ0v) is 89.7. The molecule has 638 valence electrons. The highest BCUT2D eigenvalue weighted by atomic mass is 79.9. The van der Waals surface area contributed by atoms with E-state index in [1.807, 2.05) is 159 Å². The summed E-state index contributed by atoms with van der Waals surface area (Å²) in [5.74, 6) is 44.9. The number of halogens is 8. The Morgan fingerprint density at radius 1 is 0.211 bits per heavy atom. The van der Waals surface area contributed by atoms with E-state index < -0.39 is 8.07 Å². The van der Waals surface area contributed by atoms with Crippen molar-refractivity contribution in [3.8, 4) is 82.5 Å². The molecule has 0 aliphatic carbocycles. The third kappa shape index (κ3) is 23.7. The SMILES string of the molecule is Cc1cc(C(C)(C)C)cc(C)c1C(=[N+]=[N-])c1c(Br)cc(C#Cc2cc(C#Cc3cc(C#Cc4cc(C#Cc5cc(Br)c(C(=[N+]=[N-])c6c(C)cc(C(C)(C)C)cc6C)c(Br)c5)cc(C#Cc5cc(Br)c(C(=[N+]=[N-])c6c(C)cc(C(C)(C)C)cc6C)c(Br)c5)c4)cc(C#C[Si](C)(C)C)c3)cc(C#Cc3cc(Br)c(C(=[N+]=[N-])c4c(C)cc(C(C)(C)C)cc4C)c(Br)c3)c2)cc1Br. The van der Waals surface area contributed by atoms with Crippen LogP contribution in [0, 0.1) is 138 Å². The van der Waals surface area contributed by atoms with E-state index >= 15 is 0 Å². The molecule has 0 amide bonds. The molecular weight excluding hydrogens is 2110 g/mol. The van der Waals surface area contributed by atoms with E-state index in [1.54, 1.807) is 0 Å². The van der Waals surface area contributed by atoms with Crippen LogP contribution in [0.4, 0.5) is 0 Å². The van der Waals surface area contributed by atoms with Gasteiger partial charge in [-0.05, 0) is 374 Å². The Balaban J connectivity index is 1.02. The van der Waals surface area contributed by atoms with Gasteiger partial charge in [0.05, 0.1) is 44.5 Å². The topological polar surface area (TPSA) is 146 Å². The molecule has 0 unspecified atom stereocenters. The van der Waals surface area contributed by atoms with Crippen LogP contribution >= 0.6 is 127 Å². The van der Waals surface area contributed by atoms with Gasteiger partial charge in [-0.15, -0.1) is 5.54 Å². The molecule has 0 spiro atoms. The van der Waals surface area contributed by atoms with Crippen LogP contribution in [0.25, 0.3) is 22.1 Å². The maximum atomic E-state index is 10.8. The van der Waals surface area contributed by atoms with Crippen molar-refractivity contribution < 1.29 is 19.2 Å². The molecule has 0 aliphatic rings. The van der Waals surface area contributed by atoms with Gasteiger partial charge in [-0.25, -0.2) is 0 Å². The van der Waals surface area contributed by atoms with Gasteiger partial charge in [0, 0.05) is 108 Å². The van der Waals surface area contributed by atoms with Crippen molar-refractivity contribution in [2.75, 3.05) is 0 Å². The Bertz CT molecular complexity index is 6310. The molecule has 0 heterocycles. The number of rotatable bonds is 8. The van der Waals surface area contributed by atoms with E-state index in [0.717, 1.165) is 72.3 Å². The third-order valence-electron chi connectivity index (χ3n) is 21.5. The van der Waals surface area contributed by atoms with Crippen LogP contribution in [0.1, 0.15) is 267 Å². The predicted molar refractivity (Wildman–Crippen MR) is 559 cm³/mol. The van der Waals surface area contributed by atoms with Gasteiger partial charge < -0.3 is 22.1 Å². The summed E-state index contributed by atoms with van der Waals surface area (Å²) in [6.07, 6.45) is 0. The fourth-order valence-corrected chi connectivity index (χ4v) is 21.9. The maximum absolute atomic E-state index is 10.8. The molecule has 0 fully saturated rings. The van der Waals surface area contributed by atoms with Crippen molar-refractivity contribution in [2.45, 2.75) is 180 Å². The summed E-state index contributed by atoms with van der Waals surface area (Å²) in [4.78, 5) is 15.6. The van der Waals surface area contributed by atoms with Crippen LogP contribution < -0.4 is 0 Å². The first-order valence-electron chi connectivity index (χ1n) is 41.4. The molecule has 0 aliphatic heterocycles. The number of nitrogens with zero attached hydrogens (tertiary/aromatic N) is 8. The highest BCUT2D eigenvalue weighted by Gasteiger charge is 2.33. The molecule has 0 radical (unpaired) electrons. The molecule has 0 N–H and O–H groups in total. The lowest BCUT2D eigenvalue weighted by Gasteiger charge is -2.21. The molecule has 0 saturated heterocycles. The van der Waals surface area contributed by atoms with Gasteiger partial charge in [0.15, 0.2) is 0 Å². The summed E-state index contributed by atoms with van der Waals surface area (Å²) in [6, 6.07) is 50.3. The van der Waals surface area contributed by atoms with Crippen molar-refractivity contribution in [1.82, 2.24) is 0 Å². The van der Waals surface area contributed by atoms with Gasteiger partial charge in [-0.1, -0.05) is 228 Å². The zero-order valence-electron chi connectivity index (χ0n) is 76.0. The summed E-state index contributed by atoms with van der Waals surface area (Å²) in [5.41, 5.74) is 75.4. The molecule has 11 aromatic carbocycles. The molecule has 0 bridgehead atoms. The van der Waals surface area contributed by atoms with Crippen molar-refractivity contribution in [2.24, 2.45) is 0 Å². The van der Waals surface area contributed by atoms with Crippen molar-refractivity contribution in [3.63, 3.8) is 0 Å². The lowest BCUT2D eigenvalue weighted by atomic mass is 9.82. The van der Waals surface area contributed by atoms with Crippen LogP contribution in [0.3, 0.4) is 0 Å². The van der Waals surface area contributed by atoms with Crippen LogP contribution in [0.2, 0.25) is 19.6 Å². The summed E-state index contributed by atoms with van der Waals surface area (Å²) in [6.45, 7) is 49.2. The Kier molecular flexibility index (Phi) is 30.9. The molecule has 17 heteroatoms. The van der Waals surface area contributed by atoms with Gasteiger partial charge in [0.1, 0.15) is 8.07 Å². The molecule has 8 nitrogen and oxygen atoms in total. The van der Waals surface area contributed by atoms with Crippen molar-refractivity contribution in [3.05, 3.63) is 393 Å². The summed E-state index contributed by atoms with van der Waals surface area (Å²) >= 11 is 30.8. The highest BCUT2D eigenvalue weighted by Crippen LogP contribution is 2.40. The Morgan fingerprint density at radius 3 is 0.453 bits per heavy atom. The average molecular weight is 2210 g/mol. The molecule has 11 rings (SSSR count). The molecule has 0 aromatic heterocycles. The second kappa shape index (κ2) is 40.1. The predicted octanol–water partition coefficient (Wildman–Crippen LogP) is 29.3. The summed E-state index contributed by atoms with van der Waals surface area (Å²) < 4.78 is 5.43. The Labute approximate surface area is 824 Å². The maximum Gasteiger partial charge on any atom is 0.332 e. The normalized spacial score (nSPS) is 11.1. The van der Waals surface area contributed by atoms with Crippen molar-refractivity contribution >= 4 is 158 Å². The fraction of sp³-hybridized carbons (Fsp3) is 0.243. The van der Waals surface area contributed by atoms with E-state index in [4.69, 9.17) is 0 Å². The molecule has 11 aromatic rings. The first-order valence-corrected chi connectivity index (χ1v) is 51.2. The lowest BCUT2D eigenvalue weighted by molar-refractivity contribution is -0.00343. The quantitative estimate of drug-likeness (QED) is 0.0469. The lowest BCUT2D eigenvalue weighted by Crippen LogP contribution is -2.16. The second-order valence-electron chi connectivity index (χ2n) is 37.4. The zero-order chi connectivity index (χ0) is 93.9. The Morgan fingerprint density at radius 2 is 0.336 bits per heavy atom. The van der Waals surface area contributed by atoms with Crippen LogP contribution in [0.15, 0.2) is 187 Å². The van der Waals surface area contributed by atoms with Gasteiger partial charge in [0.2, 0.25) is 0 Å². The summed E-state index contributed by atoms with van der Waals surface area (Å²) in [7, 11) is -1.91. The summed E-state index contributed by atoms with van der Waals surface area (Å²) in [5, 5.41) is 0. The van der Waals surface area contributed by atoms with Crippen LogP contribution in [-0.2, 0) is 21.7 Å². The molecule has 0 saturated carbocycles. The largest absolute Gasteiger partial charge is 0.361 e. The van der Waals surface area contributed by atoms with E-state index in [9.17, 15) is 22.1 Å². The van der Waals surface area contributed by atoms with E-state index in [0.29, 0.717) is 148 Å². The van der Waals surface area contributed by atoms with E-state index in [1.165, 1.54) is 22.3 Å².